The molecule has 0 amide bonds. The molecule has 0 bridgehead atoms. The summed E-state index contributed by atoms with van der Waals surface area (Å²) in [5.74, 6) is -0.994. The number of anilines is 1. The van der Waals surface area contributed by atoms with Crippen molar-refractivity contribution in [2.75, 3.05) is 5.73 Å². The number of aliphatic carboxylic acids is 1. The van der Waals surface area contributed by atoms with Crippen molar-refractivity contribution in [1.29, 1.82) is 5.41 Å². The number of hydrogen-bond acceptors (Lipinski definition) is 4. The standard InChI is InChI=1S/C25H22ClN3O2/c1-2-20(21-11-12-29-15-22(21)26)25(18-8-9-23(28)19(13-18)14-27)17-6-3-16(4-7-17)5-10-24(30)31/h3-15,27H,2,28H2,1H3,(H,30,31)/b10-5+,25-20+,27-14?. The van der Waals surface area contributed by atoms with Crippen molar-refractivity contribution in [3.63, 3.8) is 0 Å². The van der Waals surface area contributed by atoms with Gasteiger partial charge in [-0.2, -0.15) is 0 Å². The molecular weight excluding hydrogens is 410 g/mol. The van der Waals surface area contributed by atoms with Crippen LogP contribution < -0.4 is 5.73 Å². The molecule has 156 valence electrons. The summed E-state index contributed by atoms with van der Waals surface area (Å²) in [6.45, 7) is 2.06. The first-order valence-electron chi connectivity index (χ1n) is 9.69. The van der Waals surface area contributed by atoms with Crippen LogP contribution in [0.5, 0.6) is 0 Å². The molecule has 0 aliphatic heterocycles. The lowest BCUT2D eigenvalue weighted by atomic mass is 9.87. The summed E-state index contributed by atoms with van der Waals surface area (Å²) in [6, 6.07) is 15.1. The molecule has 0 aliphatic rings. The second-order valence-corrected chi connectivity index (χ2v) is 7.25. The molecule has 0 atom stereocenters. The molecule has 6 heteroatoms. The maximum atomic E-state index is 10.8. The largest absolute Gasteiger partial charge is 0.478 e. The van der Waals surface area contributed by atoms with Crippen molar-refractivity contribution in [2.24, 2.45) is 0 Å². The number of benzene rings is 2. The molecule has 4 N–H and O–H groups in total. The van der Waals surface area contributed by atoms with Crippen LogP contribution in [0.1, 0.15) is 41.2 Å². The topological polar surface area (TPSA) is 100 Å². The van der Waals surface area contributed by atoms with Gasteiger partial charge in [-0.3, -0.25) is 4.98 Å². The van der Waals surface area contributed by atoms with Gasteiger partial charge < -0.3 is 16.2 Å². The Morgan fingerprint density at radius 3 is 2.48 bits per heavy atom. The first-order chi connectivity index (χ1) is 14.9. The highest BCUT2D eigenvalue weighted by Gasteiger charge is 2.16. The number of carbonyl (C=O) groups is 1. The maximum Gasteiger partial charge on any atom is 0.328 e. The van der Waals surface area contributed by atoms with E-state index < -0.39 is 5.97 Å². The molecule has 0 saturated heterocycles. The molecular formula is C25H22ClN3O2. The molecule has 3 aromatic rings. The number of nitrogens with one attached hydrogen (secondary N) is 1. The number of nitrogens with zero attached hydrogens (tertiary/aromatic N) is 1. The zero-order chi connectivity index (χ0) is 22.4. The zero-order valence-electron chi connectivity index (χ0n) is 17.0. The number of rotatable bonds is 7. The van der Waals surface area contributed by atoms with Crippen LogP contribution in [0, 0.1) is 5.41 Å². The third-order valence-corrected chi connectivity index (χ3v) is 5.20. The van der Waals surface area contributed by atoms with Crippen molar-refractivity contribution in [3.05, 3.63) is 99.8 Å². The van der Waals surface area contributed by atoms with E-state index in [2.05, 4.69) is 11.9 Å². The number of aromatic nitrogens is 1. The lowest BCUT2D eigenvalue weighted by Gasteiger charge is -2.18. The molecule has 2 aromatic carbocycles. The smallest absolute Gasteiger partial charge is 0.328 e. The van der Waals surface area contributed by atoms with Gasteiger partial charge in [-0.25, -0.2) is 4.79 Å². The van der Waals surface area contributed by atoms with Crippen LogP contribution in [0.25, 0.3) is 17.2 Å². The third-order valence-electron chi connectivity index (χ3n) is 4.90. The number of hydrogen-bond donors (Lipinski definition) is 3. The van der Waals surface area contributed by atoms with Crippen LogP contribution >= 0.6 is 11.6 Å². The molecule has 0 saturated carbocycles. The average molecular weight is 432 g/mol. The molecule has 0 spiro atoms. The molecule has 5 nitrogen and oxygen atoms in total. The van der Waals surface area contributed by atoms with E-state index >= 15 is 0 Å². The zero-order valence-corrected chi connectivity index (χ0v) is 17.7. The predicted molar refractivity (Wildman–Crippen MR) is 127 cm³/mol. The number of carboxylic acid groups (broad SMARTS) is 1. The number of halogens is 1. The van der Waals surface area contributed by atoms with Crippen molar-refractivity contribution in [3.8, 4) is 0 Å². The highest BCUT2D eigenvalue weighted by molar-refractivity contribution is 6.32. The lowest BCUT2D eigenvalue weighted by Crippen LogP contribution is -1.99. The number of nitrogen functional groups attached to an aromatic ring is 1. The van der Waals surface area contributed by atoms with E-state index in [9.17, 15) is 4.79 Å². The normalized spacial score (nSPS) is 11.9. The van der Waals surface area contributed by atoms with Gasteiger partial charge in [0.25, 0.3) is 0 Å². The summed E-state index contributed by atoms with van der Waals surface area (Å²) in [5, 5.41) is 17.1. The van der Waals surface area contributed by atoms with Crippen molar-refractivity contribution >= 4 is 46.7 Å². The van der Waals surface area contributed by atoms with Gasteiger partial charge in [0, 0.05) is 35.9 Å². The van der Waals surface area contributed by atoms with E-state index in [1.165, 1.54) is 6.21 Å². The van der Waals surface area contributed by atoms with E-state index in [-0.39, 0.29) is 0 Å². The Labute approximate surface area is 186 Å². The second-order valence-electron chi connectivity index (χ2n) is 6.84. The van der Waals surface area contributed by atoms with Crippen molar-refractivity contribution < 1.29 is 9.90 Å². The van der Waals surface area contributed by atoms with E-state index in [0.29, 0.717) is 22.7 Å². The first kappa shape index (κ1) is 22.0. The van der Waals surface area contributed by atoms with E-state index in [4.69, 9.17) is 27.9 Å². The predicted octanol–water partition coefficient (Wildman–Crippen LogP) is 5.78. The molecule has 0 unspecified atom stereocenters. The van der Waals surface area contributed by atoms with Gasteiger partial charge in [-0.15, -0.1) is 0 Å². The van der Waals surface area contributed by atoms with Gasteiger partial charge in [-0.1, -0.05) is 48.9 Å². The summed E-state index contributed by atoms with van der Waals surface area (Å²) in [6.07, 6.45) is 7.93. The van der Waals surface area contributed by atoms with Crippen LogP contribution in [-0.2, 0) is 4.79 Å². The molecule has 31 heavy (non-hydrogen) atoms. The monoisotopic (exact) mass is 431 g/mol. The Morgan fingerprint density at radius 1 is 1.16 bits per heavy atom. The van der Waals surface area contributed by atoms with Gasteiger partial charge >= 0.3 is 5.97 Å². The van der Waals surface area contributed by atoms with Gasteiger partial charge in [0.15, 0.2) is 0 Å². The Balaban J connectivity index is 2.25. The molecule has 0 radical (unpaired) electrons. The molecule has 0 fully saturated rings. The van der Waals surface area contributed by atoms with Crippen LogP contribution in [0.4, 0.5) is 5.69 Å². The maximum absolute atomic E-state index is 10.8. The van der Waals surface area contributed by atoms with Gasteiger partial charge in [0.2, 0.25) is 0 Å². The fourth-order valence-corrected chi connectivity index (χ4v) is 3.65. The van der Waals surface area contributed by atoms with E-state index in [1.54, 1.807) is 24.5 Å². The Morgan fingerprint density at radius 2 is 1.87 bits per heavy atom. The quantitative estimate of drug-likeness (QED) is 0.250. The summed E-state index contributed by atoms with van der Waals surface area (Å²) >= 11 is 6.48. The number of nitrogens with two attached hydrogens (primary N) is 1. The fourth-order valence-electron chi connectivity index (χ4n) is 3.42. The third kappa shape index (κ3) is 5.08. The molecule has 1 aromatic heterocycles. The number of pyridine rings is 1. The Hall–Kier alpha value is -3.70. The van der Waals surface area contributed by atoms with Gasteiger partial charge in [0.1, 0.15) is 0 Å². The SMILES string of the molecule is CC/C(=C(/c1ccc(/C=C/C(=O)O)cc1)c1ccc(N)c(C=N)c1)c1ccncc1Cl. The minimum absolute atomic E-state index is 0.534. The first-order valence-corrected chi connectivity index (χ1v) is 10.1. The van der Waals surface area contributed by atoms with Crippen molar-refractivity contribution in [1.82, 2.24) is 4.98 Å². The van der Waals surface area contributed by atoms with Crippen LogP contribution in [-0.4, -0.2) is 22.3 Å². The highest BCUT2D eigenvalue weighted by Crippen LogP contribution is 2.37. The van der Waals surface area contributed by atoms with Crippen LogP contribution in [0.2, 0.25) is 5.02 Å². The van der Waals surface area contributed by atoms with Crippen LogP contribution in [0.3, 0.4) is 0 Å². The minimum atomic E-state index is -0.994. The molecule has 3 rings (SSSR count). The van der Waals surface area contributed by atoms with E-state index in [1.807, 2.05) is 42.5 Å². The van der Waals surface area contributed by atoms with Crippen LogP contribution in [0.15, 0.2) is 67.0 Å². The Kier molecular flexibility index (Phi) is 7.00. The van der Waals surface area contributed by atoms with Crippen molar-refractivity contribution in [2.45, 2.75) is 13.3 Å². The van der Waals surface area contributed by atoms with Gasteiger partial charge in [0.05, 0.1) is 5.02 Å². The minimum Gasteiger partial charge on any atom is -0.478 e. The second kappa shape index (κ2) is 9.87. The Bertz CT molecular complexity index is 1180. The van der Waals surface area contributed by atoms with E-state index in [0.717, 1.165) is 39.5 Å². The summed E-state index contributed by atoms with van der Waals surface area (Å²) in [7, 11) is 0. The summed E-state index contributed by atoms with van der Waals surface area (Å²) in [5.41, 5.74) is 12.7. The summed E-state index contributed by atoms with van der Waals surface area (Å²) < 4.78 is 0. The average Bonchev–Trinajstić information content (AvgIpc) is 2.78. The number of carboxylic acids is 1. The lowest BCUT2D eigenvalue weighted by molar-refractivity contribution is -0.131. The van der Waals surface area contributed by atoms with Gasteiger partial charge in [-0.05, 0) is 64.1 Å². The summed E-state index contributed by atoms with van der Waals surface area (Å²) in [4.78, 5) is 14.9. The fraction of sp³-hybridized carbons (Fsp3) is 0.0800. The molecule has 0 aliphatic carbocycles. The molecule has 1 heterocycles. The highest BCUT2D eigenvalue weighted by atomic mass is 35.5. The number of allylic oxidation sites excluding steroid dienone is 1.